The second-order valence-corrected chi connectivity index (χ2v) is 7.47. The fraction of sp³-hybridized carbons (Fsp3) is 0.227. The molecule has 2 heterocycles. The smallest absolute Gasteiger partial charge is 0.227 e. The van der Waals surface area contributed by atoms with Crippen LogP contribution in [0.25, 0.3) is 11.1 Å². The van der Waals surface area contributed by atoms with Crippen molar-refractivity contribution in [3.63, 3.8) is 0 Å². The maximum Gasteiger partial charge on any atom is 0.227 e. The number of halogens is 1. The lowest BCUT2D eigenvalue weighted by Gasteiger charge is -2.16. The Balaban J connectivity index is 1.29. The summed E-state index contributed by atoms with van der Waals surface area (Å²) in [5.41, 5.74) is 2.91. The number of rotatable bonds is 6. The van der Waals surface area contributed by atoms with Crippen LogP contribution in [0.2, 0.25) is 5.02 Å². The quantitative estimate of drug-likeness (QED) is 0.680. The molecule has 1 atom stereocenters. The molecule has 148 valence electrons. The lowest BCUT2D eigenvalue weighted by atomic mass is 10.1. The summed E-state index contributed by atoms with van der Waals surface area (Å²) in [6.45, 7) is 1.41. The van der Waals surface area contributed by atoms with Crippen LogP contribution < -0.4 is 10.2 Å². The molecule has 0 aliphatic carbocycles. The minimum atomic E-state index is -0.351. The van der Waals surface area contributed by atoms with E-state index in [2.05, 4.69) is 10.4 Å². The monoisotopic (exact) mass is 408 g/mol. The van der Waals surface area contributed by atoms with Gasteiger partial charge in [0.25, 0.3) is 0 Å². The van der Waals surface area contributed by atoms with E-state index in [4.69, 9.17) is 11.6 Å². The Morgan fingerprint density at radius 1 is 1.10 bits per heavy atom. The number of benzene rings is 2. The molecule has 1 aliphatic rings. The van der Waals surface area contributed by atoms with Crippen LogP contribution in [0, 0.1) is 5.92 Å². The van der Waals surface area contributed by atoms with E-state index in [0.29, 0.717) is 24.7 Å². The predicted molar refractivity (Wildman–Crippen MR) is 113 cm³/mol. The lowest BCUT2D eigenvalue weighted by Crippen LogP contribution is -2.34. The molecule has 2 aromatic carbocycles. The number of anilines is 1. The van der Waals surface area contributed by atoms with Crippen LogP contribution in [0.3, 0.4) is 0 Å². The van der Waals surface area contributed by atoms with Crippen molar-refractivity contribution in [3.05, 3.63) is 72.0 Å². The molecule has 7 heteroatoms. The highest BCUT2D eigenvalue weighted by Gasteiger charge is 2.34. The van der Waals surface area contributed by atoms with Gasteiger partial charge in [-0.25, -0.2) is 0 Å². The molecule has 1 saturated heterocycles. The molecule has 0 spiro atoms. The molecule has 1 N–H and O–H groups in total. The van der Waals surface area contributed by atoms with E-state index in [0.717, 1.165) is 16.8 Å². The van der Waals surface area contributed by atoms with Crippen molar-refractivity contribution < 1.29 is 9.59 Å². The number of carbonyl (C=O) groups excluding carboxylic acids is 2. The van der Waals surface area contributed by atoms with Crippen molar-refractivity contribution in [3.8, 4) is 11.1 Å². The molecule has 1 fully saturated rings. The maximum absolute atomic E-state index is 12.5. The molecule has 29 heavy (non-hydrogen) atoms. The summed E-state index contributed by atoms with van der Waals surface area (Å²) in [5.74, 6) is -0.506. The second kappa shape index (κ2) is 8.49. The molecule has 0 bridgehead atoms. The minimum Gasteiger partial charge on any atom is -0.354 e. The molecule has 0 saturated carbocycles. The first-order valence-corrected chi connectivity index (χ1v) is 9.89. The highest BCUT2D eigenvalue weighted by molar-refractivity contribution is 6.30. The van der Waals surface area contributed by atoms with Crippen molar-refractivity contribution in [2.45, 2.75) is 13.0 Å². The number of hydrogen-bond donors (Lipinski definition) is 1. The molecule has 3 aromatic rings. The first-order valence-electron chi connectivity index (χ1n) is 9.51. The largest absolute Gasteiger partial charge is 0.354 e. The topological polar surface area (TPSA) is 67.2 Å². The van der Waals surface area contributed by atoms with E-state index in [1.807, 2.05) is 47.4 Å². The summed E-state index contributed by atoms with van der Waals surface area (Å²) >= 11 is 5.90. The number of nitrogens with one attached hydrogen (secondary N) is 1. The SMILES string of the molecule is O=C(NCCn1cc(-c2ccccc2)cn1)C1CC(=O)N(c2ccc(Cl)cc2)C1. The zero-order valence-corrected chi connectivity index (χ0v) is 16.5. The third-order valence-electron chi connectivity index (χ3n) is 5.01. The number of amides is 2. The molecular formula is C22H21ClN4O2. The Kier molecular flexibility index (Phi) is 5.62. The van der Waals surface area contributed by atoms with Crippen LogP contribution >= 0.6 is 11.6 Å². The van der Waals surface area contributed by atoms with Gasteiger partial charge in [0.1, 0.15) is 0 Å². The van der Waals surface area contributed by atoms with Crippen LogP contribution in [-0.2, 0) is 16.1 Å². The summed E-state index contributed by atoms with van der Waals surface area (Å²) < 4.78 is 1.81. The highest BCUT2D eigenvalue weighted by atomic mass is 35.5. The minimum absolute atomic E-state index is 0.0490. The fourth-order valence-corrected chi connectivity index (χ4v) is 3.58. The molecule has 2 amide bonds. The Bertz CT molecular complexity index is 1000. The van der Waals surface area contributed by atoms with E-state index in [1.54, 1.807) is 29.2 Å². The number of nitrogens with zero attached hydrogens (tertiary/aromatic N) is 3. The van der Waals surface area contributed by atoms with Crippen molar-refractivity contribution in [2.24, 2.45) is 5.92 Å². The first-order chi connectivity index (χ1) is 14.1. The standard InChI is InChI=1S/C22H21ClN4O2/c23-19-6-8-20(9-7-19)27-15-17(12-21(27)28)22(29)24-10-11-26-14-18(13-25-26)16-4-2-1-3-5-16/h1-9,13-14,17H,10-12,15H2,(H,24,29). The van der Waals surface area contributed by atoms with Gasteiger partial charge in [0.05, 0.1) is 18.7 Å². The van der Waals surface area contributed by atoms with Crippen LogP contribution in [0.1, 0.15) is 6.42 Å². The van der Waals surface area contributed by atoms with Gasteiger partial charge < -0.3 is 10.2 Å². The summed E-state index contributed by atoms with van der Waals surface area (Å²) in [4.78, 5) is 26.4. The summed E-state index contributed by atoms with van der Waals surface area (Å²) in [6.07, 6.45) is 3.99. The van der Waals surface area contributed by atoms with Crippen LogP contribution in [-0.4, -0.2) is 34.7 Å². The highest BCUT2D eigenvalue weighted by Crippen LogP contribution is 2.26. The zero-order valence-electron chi connectivity index (χ0n) is 15.8. The molecule has 4 rings (SSSR count). The summed E-state index contributed by atoms with van der Waals surface area (Å²) in [6, 6.07) is 17.1. The van der Waals surface area contributed by atoms with E-state index in [1.165, 1.54) is 0 Å². The number of carbonyl (C=O) groups is 2. The van der Waals surface area contributed by atoms with Gasteiger partial charge in [0, 0.05) is 42.0 Å². The van der Waals surface area contributed by atoms with E-state index in [-0.39, 0.29) is 24.2 Å². The van der Waals surface area contributed by atoms with E-state index >= 15 is 0 Å². The van der Waals surface area contributed by atoms with Crippen LogP contribution in [0.4, 0.5) is 5.69 Å². The van der Waals surface area contributed by atoms with Gasteiger partial charge in [-0.1, -0.05) is 41.9 Å². The maximum atomic E-state index is 12.5. The number of aromatic nitrogens is 2. The predicted octanol–water partition coefficient (Wildman–Crippen LogP) is 3.37. The molecular weight excluding hydrogens is 388 g/mol. The lowest BCUT2D eigenvalue weighted by molar-refractivity contribution is -0.126. The zero-order chi connectivity index (χ0) is 20.2. The molecule has 1 aromatic heterocycles. The van der Waals surface area contributed by atoms with E-state index < -0.39 is 0 Å². The molecule has 1 unspecified atom stereocenters. The Morgan fingerprint density at radius 2 is 1.86 bits per heavy atom. The Labute approximate surface area is 174 Å². The first kappa shape index (κ1) is 19.2. The fourth-order valence-electron chi connectivity index (χ4n) is 3.46. The average Bonchev–Trinajstić information content (AvgIpc) is 3.36. The molecule has 1 aliphatic heterocycles. The molecule has 6 nitrogen and oxygen atoms in total. The van der Waals surface area contributed by atoms with Gasteiger partial charge in [-0.2, -0.15) is 5.10 Å². The normalized spacial score (nSPS) is 16.2. The average molecular weight is 409 g/mol. The summed E-state index contributed by atoms with van der Waals surface area (Å²) in [5, 5.41) is 7.89. The van der Waals surface area contributed by atoms with Crippen LogP contribution in [0.15, 0.2) is 67.0 Å². The van der Waals surface area contributed by atoms with Crippen molar-refractivity contribution in [1.82, 2.24) is 15.1 Å². The van der Waals surface area contributed by atoms with Gasteiger partial charge in [0.15, 0.2) is 0 Å². The van der Waals surface area contributed by atoms with Crippen molar-refractivity contribution in [1.29, 1.82) is 0 Å². The van der Waals surface area contributed by atoms with Gasteiger partial charge in [-0.15, -0.1) is 0 Å². The Hall–Kier alpha value is -3.12. The third-order valence-corrected chi connectivity index (χ3v) is 5.27. The van der Waals surface area contributed by atoms with Crippen molar-refractivity contribution >= 4 is 29.1 Å². The Morgan fingerprint density at radius 3 is 2.62 bits per heavy atom. The van der Waals surface area contributed by atoms with Gasteiger partial charge in [-0.05, 0) is 29.8 Å². The van der Waals surface area contributed by atoms with Gasteiger partial charge >= 0.3 is 0 Å². The second-order valence-electron chi connectivity index (χ2n) is 7.03. The van der Waals surface area contributed by atoms with E-state index in [9.17, 15) is 9.59 Å². The molecule has 0 radical (unpaired) electrons. The van der Waals surface area contributed by atoms with Crippen LogP contribution in [0.5, 0.6) is 0 Å². The summed E-state index contributed by atoms with van der Waals surface area (Å²) in [7, 11) is 0. The van der Waals surface area contributed by atoms with Gasteiger partial charge in [-0.3, -0.25) is 14.3 Å². The third kappa shape index (κ3) is 4.49. The van der Waals surface area contributed by atoms with Crippen molar-refractivity contribution in [2.75, 3.05) is 18.0 Å². The van der Waals surface area contributed by atoms with Gasteiger partial charge in [0.2, 0.25) is 11.8 Å². The number of hydrogen-bond acceptors (Lipinski definition) is 3.